The van der Waals surface area contributed by atoms with E-state index in [0.717, 1.165) is 19.6 Å². The first kappa shape index (κ1) is 16.7. The Bertz CT molecular complexity index is 408. The van der Waals surface area contributed by atoms with Gasteiger partial charge in [0.1, 0.15) is 11.6 Å². The topological polar surface area (TPSA) is 41.6 Å². The van der Waals surface area contributed by atoms with Crippen LogP contribution in [0.25, 0.3) is 0 Å². The molecule has 1 aliphatic rings. The minimum absolute atomic E-state index is 0. The zero-order chi connectivity index (χ0) is 13.5. The number of hydrogen-bond donors (Lipinski definition) is 1. The molecule has 0 unspecified atom stereocenters. The van der Waals surface area contributed by atoms with Crippen molar-refractivity contribution in [3.8, 4) is 5.75 Å². The largest absolute Gasteiger partial charge is 0.484 e. The standard InChI is InChI=1S/C14H19FN2O2.ClH/c15-12-3-5-13(6-4-12)19-11-14(18)16-7-10-17-8-1-2-9-17;/h3-6H,1-2,7-11H2,(H,16,18);1H. The fourth-order valence-electron chi connectivity index (χ4n) is 2.09. The van der Waals surface area contributed by atoms with E-state index in [1.165, 1.54) is 37.1 Å². The molecule has 0 atom stereocenters. The third-order valence-corrected chi connectivity index (χ3v) is 3.13. The summed E-state index contributed by atoms with van der Waals surface area (Å²) >= 11 is 0. The highest BCUT2D eigenvalue weighted by Crippen LogP contribution is 2.10. The minimum atomic E-state index is -0.317. The van der Waals surface area contributed by atoms with Gasteiger partial charge in [0.05, 0.1) is 0 Å². The minimum Gasteiger partial charge on any atom is -0.484 e. The molecule has 1 aromatic carbocycles. The lowest BCUT2D eigenvalue weighted by Gasteiger charge is -2.14. The quantitative estimate of drug-likeness (QED) is 0.872. The number of carbonyl (C=O) groups is 1. The van der Waals surface area contributed by atoms with Crippen LogP contribution >= 0.6 is 12.4 Å². The molecular formula is C14H20ClFN2O2. The average Bonchev–Trinajstić information content (AvgIpc) is 2.91. The Kier molecular flexibility index (Phi) is 7.33. The van der Waals surface area contributed by atoms with Gasteiger partial charge in [0.25, 0.3) is 5.91 Å². The number of amides is 1. The van der Waals surface area contributed by atoms with Crippen molar-refractivity contribution in [1.82, 2.24) is 10.2 Å². The zero-order valence-corrected chi connectivity index (χ0v) is 12.1. The Morgan fingerprint density at radius 3 is 2.55 bits per heavy atom. The molecule has 20 heavy (non-hydrogen) atoms. The summed E-state index contributed by atoms with van der Waals surface area (Å²) in [7, 11) is 0. The van der Waals surface area contributed by atoms with Crippen molar-refractivity contribution in [3.63, 3.8) is 0 Å². The van der Waals surface area contributed by atoms with Crippen molar-refractivity contribution < 1.29 is 13.9 Å². The third-order valence-electron chi connectivity index (χ3n) is 3.13. The number of rotatable bonds is 6. The van der Waals surface area contributed by atoms with Gasteiger partial charge in [-0.1, -0.05) is 0 Å². The summed E-state index contributed by atoms with van der Waals surface area (Å²) in [6, 6.07) is 5.63. The van der Waals surface area contributed by atoms with Crippen molar-refractivity contribution in [1.29, 1.82) is 0 Å². The number of hydrogen-bond acceptors (Lipinski definition) is 3. The molecular weight excluding hydrogens is 283 g/mol. The van der Waals surface area contributed by atoms with E-state index in [1.807, 2.05) is 0 Å². The second-order valence-corrected chi connectivity index (χ2v) is 4.64. The molecule has 1 fully saturated rings. The van der Waals surface area contributed by atoms with Crippen LogP contribution in [0.5, 0.6) is 5.75 Å². The van der Waals surface area contributed by atoms with Crippen molar-refractivity contribution in [2.45, 2.75) is 12.8 Å². The molecule has 1 heterocycles. The maximum absolute atomic E-state index is 12.7. The number of likely N-dealkylation sites (tertiary alicyclic amines) is 1. The SMILES string of the molecule is Cl.O=C(COc1ccc(F)cc1)NCCN1CCCC1. The summed E-state index contributed by atoms with van der Waals surface area (Å²) in [5.41, 5.74) is 0. The summed E-state index contributed by atoms with van der Waals surface area (Å²) in [6.45, 7) is 3.75. The molecule has 0 spiro atoms. The van der Waals surface area contributed by atoms with Crippen LogP contribution in [0.4, 0.5) is 4.39 Å². The number of nitrogens with zero attached hydrogens (tertiary/aromatic N) is 1. The van der Waals surface area contributed by atoms with E-state index >= 15 is 0 Å². The number of carbonyl (C=O) groups excluding carboxylic acids is 1. The van der Waals surface area contributed by atoms with Gasteiger partial charge in [-0.05, 0) is 50.2 Å². The number of ether oxygens (including phenoxy) is 1. The van der Waals surface area contributed by atoms with Crippen LogP contribution in [-0.2, 0) is 4.79 Å². The summed E-state index contributed by atoms with van der Waals surface area (Å²) in [5.74, 6) is 0.0297. The van der Waals surface area contributed by atoms with Crippen molar-refractivity contribution in [3.05, 3.63) is 30.1 Å². The van der Waals surface area contributed by atoms with E-state index in [0.29, 0.717) is 12.3 Å². The van der Waals surface area contributed by atoms with Crippen LogP contribution in [0.3, 0.4) is 0 Å². The van der Waals surface area contributed by atoms with Gasteiger partial charge < -0.3 is 15.0 Å². The Labute approximate surface area is 124 Å². The van der Waals surface area contributed by atoms with Gasteiger partial charge in [-0.15, -0.1) is 12.4 Å². The molecule has 1 N–H and O–H groups in total. The lowest BCUT2D eigenvalue weighted by molar-refractivity contribution is -0.123. The molecule has 112 valence electrons. The second kappa shape index (κ2) is 8.76. The van der Waals surface area contributed by atoms with E-state index in [-0.39, 0.29) is 30.7 Å². The zero-order valence-electron chi connectivity index (χ0n) is 11.3. The normalized spacial score (nSPS) is 14.7. The molecule has 0 bridgehead atoms. The molecule has 0 aliphatic carbocycles. The number of benzene rings is 1. The monoisotopic (exact) mass is 302 g/mol. The third kappa shape index (κ3) is 5.75. The average molecular weight is 303 g/mol. The van der Waals surface area contributed by atoms with E-state index < -0.39 is 0 Å². The molecule has 0 saturated carbocycles. The van der Waals surface area contributed by atoms with Crippen LogP contribution in [-0.4, -0.2) is 43.6 Å². The highest BCUT2D eigenvalue weighted by atomic mass is 35.5. The summed E-state index contributed by atoms with van der Waals surface area (Å²) in [6.07, 6.45) is 2.50. The van der Waals surface area contributed by atoms with E-state index in [9.17, 15) is 9.18 Å². The van der Waals surface area contributed by atoms with Crippen molar-refractivity contribution in [2.24, 2.45) is 0 Å². The predicted octanol–water partition coefficient (Wildman–Crippen LogP) is 1.84. The highest BCUT2D eigenvalue weighted by Gasteiger charge is 2.11. The lowest BCUT2D eigenvalue weighted by Crippen LogP contribution is -2.35. The maximum Gasteiger partial charge on any atom is 0.257 e. The fraction of sp³-hybridized carbons (Fsp3) is 0.500. The number of nitrogens with one attached hydrogen (secondary N) is 1. The second-order valence-electron chi connectivity index (χ2n) is 4.64. The smallest absolute Gasteiger partial charge is 0.257 e. The Hall–Kier alpha value is -1.33. The first-order valence-electron chi connectivity index (χ1n) is 6.61. The molecule has 1 aliphatic heterocycles. The Balaban J connectivity index is 0.00000200. The van der Waals surface area contributed by atoms with Crippen LogP contribution < -0.4 is 10.1 Å². The summed E-state index contributed by atoms with van der Waals surface area (Å²) < 4.78 is 17.9. The first-order chi connectivity index (χ1) is 9.24. The van der Waals surface area contributed by atoms with Crippen molar-refractivity contribution >= 4 is 18.3 Å². The van der Waals surface area contributed by atoms with E-state index in [2.05, 4.69) is 10.2 Å². The van der Waals surface area contributed by atoms with Gasteiger partial charge in [-0.2, -0.15) is 0 Å². The van der Waals surface area contributed by atoms with Gasteiger partial charge in [-0.25, -0.2) is 4.39 Å². The van der Waals surface area contributed by atoms with Gasteiger partial charge in [-0.3, -0.25) is 4.79 Å². The summed E-state index contributed by atoms with van der Waals surface area (Å²) in [5, 5.41) is 2.81. The molecule has 1 aromatic rings. The lowest BCUT2D eigenvalue weighted by atomic mass is 10.3. The Morgan fingerprint density at radius 1 is 1.25 bits per heavy atom. The molecule has 0 aromatic heterocycles. The molecule has 6 heteroatoms. The van der Waals surface area contributed by atoms with E-state index in [4.69, 9.17) is 4.74 Å². The van der Waals surface area contributed by atoms with Crippen molar-refractivity contribution in [2.75, 3.05) is 32.8 Å². The van der Waals surface area contributed by atoms with Crippen LogP contribution in [0, 0.1) is 5.82 Å². The highest BCUT2D eigenvalue weighted by molar-refractivity contribution is 5.85. The first-order valence-corrected chi connectivity index (χ1v) is 6.61. The number of halogens is 2. The summed E-state index contributed by atoms with van der Waals surface area (Å²) in [4.78, 5) is 13.9. The molecule has 1 amide bonds. The molecule has 2 rings (SSSR count). The Morgan fingerprint density at radius 2 is 1.90 bits per heavy atom. The molecule has 4 nitrogen and oxygen atoms in total. The predicted molar refractivity (Wildman–Crippen MR) is 77.8 cm³/mol. The fourth-order valence-corrected chi connectivity index (χ4v) is 2.09. The van der Waals surface area contributed by atoms with Gasteiger partial charge >= 0.3 is 0 Å². The van der Waals surface area contributed by atoms with Gasteiger partial charge in [0.2, 0.25) is 0 Å². The van der Waals surface area contributed by atoms with Gasteiger partial charge in [0.15, 0.2) is 6.61 Å². The molecule has 1 saturated heterocycles. The van der Waals surface area contributed by atoms with Crippen LogP contribution in [0.1, 0.15) is 12.8 Å². The van der Waals surface area contributed by atoms with E-state index in [1.54, 1.807) is 0 Å². The van der Waals surface area contributed by atoms with Crippen LogP contribution in [0.2, 0.25) is 0 Å². The van der Waals surface area contributed by atoms with Gasteiger partial charge in [0, 0.05) is 13.1 Å². The molecule has 0 radical (unpaired) electrons. The maximum atomic E-state index is 12.7. The van der Waals surface area contributed by atoms with Crippen LogP contribution in [0.15, 0.2) is 24.3 Å².